The van der Waals surface area contributed by atoms with Crippen molar-refractivity contribution in [3.63, 3.8) is 0 Å². The summed E-state index contributed by atoms with van der Waals surface area (Å²) < 4.78 is 10.7. The van der Waals surface area contributed by atoms with E-state index in [0.717, 1.165) is 0 Å². The fourth-order valence-corrected chi connectivity index (χ4v) is 2.26. The van der Waals surface area contributed by atoms with E-state index in [1.54, 1.807) is 30.2 Å². The molecule has 1 aromatic carbocycles. The molecule has 0 bridgehead atoms. The Hall–Kier alpha value is -2.03. The summed E-state index contributed by atoms with van der Waals surface area (Å²) in [7, 11) is 1.55. The van der Waals surface area contributed by atoms with Gasteiger partial charge >= 0.3 is 0 Å². The lowest BCUT2D eigenvalue weighted by molar-refractivity contribution is -0.0124. The molecule has 0 spiro atoms. The highest BCUT2D eigenvalue weighted by Gasteiger charge is 2.22. The largest absolute Gasteiger partial charge is 0.495 e. The van der Waals surface area contributed by atoms with Crippen molar-refractivity contribution in [2.75, 3.05) is 33.4 Å². The van der Waals surface area contributed by atoms with Gasteiger partial charge in [0.25, 0.3) is 5.91 Å². The van der Waals surface area contributed by atoms with E-state index < -0.39 is 0 Å². The summed E-state index contributed by atoms with van der Waals surface area (Å²) in [5.74, 6) is 5.92. The number of nitrogens with zero attached hydrogens (tertiary/aromatic N) is 1. The van der Waals surface area contributed by atoms with Gasteiger partial charge in [0.05, 0.1) is 25.4 Å². The molecule has 5 heteroatoms. The Kier molecular flexibility index (Phi) is 5.20. The lowest BCUT2D eigenvalue weighted by Gasteiger charge is -2.31. The molecular formula is C16H19NO4. The number of hydrogen-bond acceptors (Lipinski definition) is 4. The topological polar surface area (TPSA) is 59.0 Å². The van der Waals surface area contributed by atoms with Gasteiger partial charge < -0.3 is 19.5 Å². The third-order valence-electron chi connectivity index (χ3n) is 3.28. The van der Waals surface area contributed by atoms with E-state index in [1.165, 1.54) is 0 Å². The molecule has 1 saturated heterocycles. The Bertz CT molecular complexity index is 573. The van der Waals surface area contributed by atoms with Crippen molar-refractivity contribution >= 4 is 5.91 Å². The van der Waals surface area contributed by atoms with Gasteiger partial charge in [0, 0.05) is 18.7 Å². The zero-order valence-electron chi connectivity index (χ0n) is 12.3. The standard InChI is InChI=1S/C16H19NO4/c1-12-11-17(7-9-21-12)16(19)14-5-6-15(20-2)13(10-14)4-3-8-18/h5-6,10,12,18H,7-9,11H2,1-2H3. The van der Waals surface area contributed by atoms with Gasteiger partial charge in [-0.25, -0.2) is 0 Å². The van der Waals surface area contributed by atoms with Crippen LogP contribution in [-0.2, 0) is 4.74 Å². The number of carbonyl (C=O) groups excluding carboxylic acids is 1. The summed E-state index contributed by atoms with van der Waals surface area (Å²) in [6.45, 7) is 3.45. The minimum atomic E-state index is -0.234. The Morgan fingerprint density at radius 3 is 3.05 bits per heavy atom. The molecule has 5 nitrogen and oxygen atoms in total. The van der Waals surface area contributed by atoms with Crippen LogP contribution in [0.3, 0.4) is 0 Å². The van der Waals surface area contributed by atoms with Gasteiger partial charge in [-0.3, -0.25) is 4.79 Å². The molecule has 0 radical (unpaired) electrons. The lowest BCUT2D eigenvalue weighted by Crippen LogP contribution is -2.44. The molecule has 2 rings (SSSR count). The highest BCUT2D eigenvalue weighted by Crippen LogP contribution is 2.20. The molecule has 1 N–H and O–H groups in total. The minimum absolute atomic E-state index is 0.0418. The molecule has 21 heavy (non-hydrogen) atoms. The van der Waals surface area contributed by atoms with Crippen LogP contribution in [0.25, 0.3) is 0 Å². The number of hydrogen-bond donors (Lipinski definition) is 1. The fraction of sp³-hybridized carbons (Fsp3) is 0.438. The second-order valence-corrected chi connectivity index (χ2v) is 4.81. The number of carbonyl (C=O) groups is 1. The molecule has 1 atom stereocenters. The van der Waals surface area contributed by atoms with Gasteiger partial charge in [0.2, 0.25) is 0 Å². The average molecular weight is 289 g/mol. The van der Waals surface area contributed by atoms with Crippen LogP contribution >= 0.6 is 0 Å². The molecule has 0 saturated carbocycles. The van der Waals surface area contributed by atoms with E-state index in [9.17, 15) is 4.79 Å². The molecule has 1 unspecified atom stereocenters. The first kappa shape index (κ1) is 15.4. The SMILES string of the molecule is COc1ccc(C(=O)N2CCOC(C)C2)cc1C#CCO. The van der Waals surface area contributed by atoms with Crippen molar-refractivity contribution in [2.24, 2.45) is 0 Å². The van der Waals surface area contributed by atoms with Gasteiger partial charge in [0.15, 0.2) is 0 Å². The van der Waals surface area contributed by atoms with Crippen molar-refractivity contribution in [2.45, 2.75) is 13.0 Å². The Morgan fingerprint density at radius 2 is 2.38 bits per heavy atom. The quantitative estimate of drug-likeness (QED) is 0.822. The van der Waals surface area contributed by atoms with Crippen molar-refractivity contribution in [3.8, 4) is 17.6 Å². The van der Waals surface area contributed by atoms with E-state index in [2.05, 4.69) is 11.8 Å². The highest BCUT2D eigenvalue weighted by molar-refractivity contribution is 5.95. The van der Waals surface area contributed by atoms with Gasteiger partial charge in [-0.1, -0.05) is 11.8 Å². The highest BCUT2D eigenvalue weighted by atomic mass is 16.5. The molecule has 1 aliphatic heterocycles. The maximum Gasteiger partial charge on any atom is 0.254 e. The van der Waals surface area contributed by atoms with Crippen molar-refractivity contribution in [1.82, 2.24) is 4.90 Å². The van der Waals surface area contributed by atoms with Crippen LogP contribution in [0, 0.1) is 11.8 Å². The van der Waals surface area contributed by atoms with Gasteiger partial charge in [-0.2, -0.15) is 0 Å². The third kappa shape index (κ3) is 3.75. The Morgan fingerprint density at radius 1 is 1.57 bits per heavy atom. The Labute approximate surface area is 124 Å². The Balaban J connectivity index is 2.24. The van der Waals surface area contributed by atoms with Crippen LogP contribution in [0.2, 0.25) is 0 Å². The van der Waals surface area contributed by atoms with Crippen LogP contribution in [0.1, 0.15) is 22.8 Å². The molecule has 0 aliphatic carbocycles. The second-order valence-electron chi connectivity index (χ2n) is 4.81. The first-order valence-corrected chi connectivity index (χ1v) is 6.84. The summed E-state index contributed by atoms with van der Waals surface area (Å²) in [4.78, 5) is 14.3. The van der Waals surface area contributed by atoms with Gasteiger partial charge in [-0.05, 0) is 25.1 Å². The van der Waals surface area contributed by atoms with Crippen molar-refractivity contribution in [1.29, 1.82) is 0 Å². The van der Waals surface area contributed by atoms with Gasteiger partial charge in [0.1, 0.15) is 12.4 Å². The number of benzene rings is 1. The van der Waals surface area contributed by atoms with E-state index in [1.807, 2.05) is 6.92 Å². The van der Waals surface area contributed by atoms with E-state index in [0.29, 0.717) is 36.6 Å². The van der Waals surface area contributed by atoms with Crippen LogP contribution in [0.4, 0.5) is 0 Å². The first-order chi connectivity index (χ1) is 10.2. The summed E-state index contributed by atoms with van der Waals surface area (Å²) >= 11 is 0. The normalized spacial score (nSPS) is 17.9. The lowest BCUT2D eigenvalue weighted by atomic mass is 10.1. The number of rotatable bonds is 2. The summed E-state index contributed by atoms with van der Waals surface area (Å²) in [6, 6.07) is 5.15. The third-order valence-corrected chi connectivity index (χ3v) is 3.28. The zero-order valence-corrected chi connectivity index (χ0v) is 12.3. The maximum atomic E-state index is 12.5. The number of aliphatic hydroxyl groups is 1. The fourth-order valence-electron chi connectivity index (χ4n) is 2.26. The van der Waals surface area contributed by atoms with Crippen molar-refractivity contribution in [3.05, 3.63) is 29.3 Å². The monoisotopic (exact) mass is 289 g/mol. The molecule has 1 fully saturated rings. The van der Waals surface area contributed by atoms with Crippen LogP contribution in [-0.4, -0.2) is 55.4 Å². The molecule has 1 amide bonds. The number of ether oxygens (including phenoxy) is 2. The predicted molar refractivity (Wildman–Crippen MR) is 78.3 cm³/mol. The molecule has 0 aromatic heterocycles. The minimum Gasteiger partial charge on any atom is -0.495 e. The number of aliphatic hydroxyl groups excluding tert-OH is 1. The number of morpholine rings is 1. The molecule has 1 aromatic rings. The molecule has 1 heterocycles. The van der Waals surface area contributed by atoms with Crippen LogP contribution in [0.15, 0.2) is 18.2 Å². The number of amides is 1. The van der Waals surface area contributed by atoms with Crippen LogP contribution < -0.4 is 4.74 Å². The first-order valence-electron chi connectivity index (χ1n) is 6.84. The zero-order chi connectivity index (χ0) is 15.2. The van der Waals surface area contributed by atoms with E-state index >= 15 is 0 Å². The number of methoxy groups -OCH3 is 1. The second kappa shape index (κ2) is 7.11. The molecule has 112 valence electrons. The average Bonchev–Trinajstić information content (AvgIpc) is 2.51. The van der Waals surface area contributed by atoms with Gasteiger partial charge in [-0.15, -0.1) is 0 Å². The summed E-state index contributed by atoms with van der Waals surface area (Å²) in [6.07, 6.45) is 0.0506. The maximum absolute atomic E-state index is 12.5. The van der Waals surface area contributed by atoms with E-state index in [-0.39, 0.29) is 18.6 Å². The van der Waals surface area contributed by atoms with Crippen LogP contribution in [0.5, 0.6) is 5.75 Å². The summed E-state index contributed by atoms with van der Waals surface area (Å²) in [5.41, 5.74) is 1.16. The summed E-state index contributed by atoms with van der Waals surface area (Å²) in [5, 5.41) is 8.80. The van der Waals surface area contributed by atoms with Crippen molar-refractivity contribution < 1.29 is 19.4 Å². The molecular weight excluding hydrogens is 270 g/mol. The molecule has 1 aliphatic rings. The smallest absolute Gasteiger partial charge is 0.254 e. The predicted octanol–water partition coefficient (Wildman–Crippen LogP) is 0.900. The van der Waals surface area contributed by atoms with E-state index in [4.69, 9.17) is 14.6 Å².